The summed E-state index contributed by atoms with van der Waals surface area (Å²) in [4.78, 5) is 23.1. The smallest absolute Gasteiger partial charge is 0.274 e. The average Bonchev–Trinajstić information content (AvgIpc) is 3.20. The largest absolute Gasteiger partial charge is 0.334 e. The number of likely N-dealkylation sites (tertiary alicyclic amines) is 1. The number of amides is 1. The van der Waals surface area contributed by atoms with Gasteiger partial charge in [0, 0.05) is 31.2 Å². The Morgan fingerprint density at radius 1 is 1.33 bits per heavy atom. The molecular weight excluding hydrogens is 307 g/mol. The van der Waals surface area contributed by atoms with Gasteiger partial charge in [-0.3, -0.25) is 9.20 Å². The number of imidazole rings is 1. The second-order valence-electron chi connectivity index (χ2n) is 6.08. The summed E-state index contributed by atoms with van der Waals surface area (Å²) in [6.07, 6.45) is 7.72. The van der Waals surface area contributed by atoms with Crippen molar-refractivity contribution in [1.29, 1.82) is 0 Å². The van der Waals surface area contributed by atoms with Crippen molar-refractivity contribution in [2.75, 3.05) is 6.54 Å². The molecule has 3 aromatic rings. The lowest BCUT2D eigenvalue weighted by Crippen LogP contribution is -2.37. The molecule has 6 heteroatoms. The minimum atomic E-state index is -0.241. The first-order valence-corrected chi connectivity index (χ1v) is 8.06. The van der Waals surface area contributed by atoms with Crippen molar-refractivity contribution in [1.82, 2.24) is 19.3 Å². The SMILES string of the molecule is O=C(c1cn2cccnc2n1)N1CCCC1Cc1cccc(F)c1. The highest BCUT2D eigenvalue weighted by atomic mass is 19.1. The summed E-state index contributed by atoms with van der Waals surface area (Å²) in [7, 11) is 0. The van der Waals surface area contributed by atoms with E-state index in [2.05, 4.69) is 9.97 Å². The van der Waals surface area contributed by atoms with Crippen LogP contribution in [0.1, 0.15) is 28.9 Å². The minimum absolute atomic E-state index is 0.0806. The van der Waals surface area contributed by atoms with Crippen LogP contribution in [0.5, 0.6) is 0 Å². The quantitative estimate of drug-likeness (QED) is 0.744. The number of benzene rings is 1. The molecule has 5 nitrogen and oxygen atoms in total. The van der Waals surface area contributed by atoms with Crippen molar-refractivity contribution in [2.24, 2.45) is 0 Å². The summed E-state index contributed by atoms with van der Waals surface area (Å²) in [5.41, 5.74) is 1.32. The number of nitrogens with zero attached hydrogens (tertiary/aromatic N) is 4. The molecule has 1 aliphatic heterocycles. The maximum Gasteiger partial charge on any atom is 0.274 e. The van der Waals surface area contributed by atoms with Crippen molar-refractivity contribution >= 4 is 11.7 Å². The lowest BCUT2D eigenvalue weighted by Gasteiger charge is -2.24. The van der Waals surface area contributed by atoms with Gasteiger partial charge in [0.15, 0.2) is 0 Å². The Labute approximate surface area is 138 Å². The van der Waals surface area contributed by atoms with Gasteiger partial charge in [-0.1, -0.05) is 12.1 Å². The summed E-state index contributed by atoms with van der Waals surface area (Å²) in [5, 5.41) is 0. The van der Waals surface area contributed by atoms with E-state index in [0.29, 0.717) is 24.4 Å². The van der Waals surface area contributed by atoms with E-state index in [1.807, 2.05) is 17.2 Å². The van der Waals surface area contributed by atoms with Gasteiger partial charge in [0.1, 0.15) is 11.5 Å². The van der Waals surface area contributed by atoms with Gasteiger partial charge in [0.2, 0.25) is 5.78 Å². The van der Waals surface area contributed by atoms with Crippen LogP contribution in [0.15, 0.2) is 48.9 Å². The first-order valence-electron chi connectivity index (χ1n) is 8.06. The predicted molar refractivity (Wildman–Crippen MR) is 87.1 cm³/mol. The molecular formula is C18H17FN4O. The molecule has 0 aliphatic carbocycles. The third kappa shape index (κ3) is 2.75. The second-order valence-corrected chi connectivity index (χ2v) is 6.08. The standard InChI is InChI=1S/C18H17FN4O/c19-14-5-1-4-13(10-14)11-15-6-2-9-23(15)17(24)16-12-22-8-3-7-20-18(22)21-16/h1,3-5,7-8,10,12,15H,2,6,9,11H2. The molecule has 4 rings (SSSR count). The highest BCUT2D eigenvalue weighted by Crippen LogP contribution is 2.23. The van der Waals surface area contributed by atoms with E-state index in [-0.39, 0.29) is 17.8 Å². The Morgan fingerprint density at radius 3 is 3.08 bits per heavy atom. The van der Waals surface area contributed by atoms with Crippen molar-refractivity contribution in [2.45, 2.75) is 25.3 Å². The predicted octanol–water partition coefficient (Wildman–Crippen LogP) is 2.72. The van der Waals surface area contributed by atoms with Crippen LogP contribution >= 0.6 is 0 Å². The molecule has 1 saturated heterocycles. The second kappa shape index (κ2) is 6.03. The lowest BCUT2D eigenvalue weighted by molar-refractivity contribution is 0.0731. The molecule has 0 bridgehead atoms. The van der Waals surface area contributed by atoms with Crippen LogP contribution in [-0.4, -0.2) is 37.8 Å². The van der Waals surface area contributed by atoms with Crippen molar-refractivity contribution < 1.29 is 9.18 Å². The van der Waals surface area contributed by atoms with Crippen LogP contribution in [0.4, 0.5) is 4.39 Å². The van der Waals surface area contributed by atoms with Crippen molar-refractivity contribution in [3.05, 3.63) is 66.0 Å². The Balaban J connectivity index is 1.56. The zero-order valence-corrected chi connectivity index (χ0v) is 13.1. The molecule has 122 valence electrons. The number of halogens is 1. The molecule has 0 N–H and O–H groups in total. The molecule has 3 heterocycles. The highest BCUT2D eigenvalue weighted by molar-refractivity contribution is 5.93. The molecule has 2 aromatic heterocycles. The van der Waals surface area contributed by atoms with E-state index in [9.17, 15) is 9.18 Å². The number of carbonyl (C=O) groups excluding carboxylic acids is 1. The van der Waals surface area contributed by atoms with Gasteiger partial charge in [-0.05, 0) is 43.0 Å². The first-order chi connectivity index (χ1) is 11.7. The van der Waals surface area contributed by atoms with E-state index in [4.69, 9.17) is 0 Å². The highest BCUT2D eigenvalue weighted by Gasteiger charge is 2.30. The number of hydrogen-bond donors (Lipinski definition) is 0. The van der Waals surface area contributed by atoms with Crippen molar-refractivity contribution in [3.63, 3.8) is 0 Å². The fourth-order valence-electron chi connectivity index (χ4n) is 3.33. The summed E-state index contributed by atoms with van der Waals surface area (Å²) < 4.78 is 15.1. The third-order valence-electron chi connectivity index (χ3n) is 4.45. The number of carbonyl (C=O) groups is 1. The fourth-order valence-corrected chi connectivity index (χ4v) is 3.33. The monoisotopic (exact) mass is 324 g/mol. The molecule has 0 saturated carbocycles. The molecule has 1 amide bonds. The van der Waals surface area contributed by atoms with Gasteiger partial charge in [-0.15, -0.1) is 0 Å². The first kappa shape index (κ1) is 14.8. The van der Waals surface area contributed by atoms with Crippen LogP contribution in [0, 0.1) is 5.82 Å². The van der Waals surface area contributed by atoms with Gasteiger partial charge in [-0.2, -0.15) is 0 Å². The van der Waals surface area contributed by atoms with Gasteiger partial charge in [0.05, 0.1) is 0 Å². The number of fused-ring (bicyclic) bond motifs is 1. The van der Waals surface area contributed by atoms with Crippen LogP contribution in [0.25, 0.3) is 5.78 Å². The summed E-state index contributed by atoms with van der Waals surface area (Å²) in [6.45, 7) is 0.708. The fraction of sp³-hybridized carbons (Fsp3) is 0.278. The number of aromatic nitrogens is 3. The van der Waals surface area contributed by atoms with E-state index in [0.717, 1.165) is 18.4 Å². The lowest BCUT2D eigenvalue weighted by atomic mass is 10.0. The van der Waals surface area contributed by atoms with Gasteiger partial charge < -0.3 is 4.90 Å². The summed E-state index contributed by atoms with van der Waals surface area (Å²) in [5.74, 6) is 0.191. The molecule has 0 spiro atoms. The zero-order chi connectivity index (χ0) is 16.5. The normalized spacial score (nSPS) is 17.5. The molecule has 1 aliphatic rings. The van der Waals surface area contributed by atoms with Crippen LogP contribution in [-0.2, 0) is 6.42 Å². The topological polar surface area (TPSA) is 50.5 Å². The Bertz CT molecular complexity index is 858. The van der Waals surface area contributed by atoms with E-state index >= 15 is 0 Å². The van der Waals surface area contributed by atoms with Crippen LogP contribution in [0.3, 0.4) is 0 Å². The Hall–Kier alpha value is -2.76. The minimum Gasteiger partial charge on any atom is -0.334 e. The molecule has 24 heavy (non-hydrogen) atoms. The number of hydrogen-bond acceptors (Lipinski definition) is 3. The number of rotatable bonds is 3. The average molecular weight is 324 g/mol. The van der Waals surface area contributed by atoms with E-state index in [1.54, 1.807) is 28.9 Å². The third-order valence-corrected chi connectivity index (χ3v) is 4.45. The summed E-state index contributed by atoms with van der Waals surface area (Å²) in [6, 6.07) is 8.46. The molecule has 1 atom stereocenters. The van der Waals surface area contributed by atoms with Gasteiger partial charge in [-0.25, -0.2) is 14.4 Å². The summed E-state index contributed by atoms with van der Waals surface area (Å²) >= 11 is 0. The molecule has 1 unspecified atom stereocenters. The Kier molecular flexibility index (Phi) is 3.72. The molecule has 1 aromatic carbocycles. The molecule has 1 fully saturated rings. The van der Waals surface area contributed by atoms with E-state index < -0.39 is 0 Å². The molecule has 0 radical (unpaired) electrons. The van der Waals surface area contributed by atoms with Crippen LogP contribution in [0.2, 0.25) is 0 Å². The van der Waals surface area contributed by atoms with Crippen LogP contribution < -0.4 is 0 Å². The van der Waals surface area contributed by atoms with Gasteiger partial charge in [0.25, 0.3) is 5.91 Å². The maximum atomic E-state index is 13.4. The van der Waals surface area contributed by atoms with E-state index in [1.165, 1.54) is 12.1 Å². The maximum absolute atomic E-state index is 13.4. The van der Waals surface area contributed by atoms with Gasteiger partial charge >= 0.3 is 0 Å². The zero-order valence-electron chi connectivity index (χ0n) is 13.1. The Morgan fingerprint density at radius 2 is 2.25 bits per heavy atom. The van der Waals surface area contributed by atoms with Crippen molar-refractivity contribution in [3.8, 4) is 0 Å².